The molecule has 1 unspecified atom stereocenters. The highest BCUT2D eigenvalue weighted by Gasteiger charge is 2.09. The van der Waals surface area contributed by atoms with Gasteiger partial charge in [-0.2, -0.15) is 0 Å². The topological polar surface area (TPSA) is 38.0 Å². The maximum Gasteiger partial charge on any atom is 0.137 e. The van der Waals surface area contributed by atoms with E-state index in [2.05, 4.69) is 27.8 Å². The summed E-state index contributed by atoms with van der Waals surface area (Å²) in [7, 11) is 0. The van der Waals surface area contributed by atoms with Gasteiger partial charge in [0.2, 0.25) is 0 Å². The smallest absolute Gasteiger partial charge is 0.137 e. The van der Waals surface area contributed by atoms with Crippen molar-refractivity contribution in [2.24, 2.45) is 5.73 Å². The minimum atomic E-state index is -0.272. The molecule has 0 bridgehead atoms. The Hall–Kier alpha value is -0.710. The van der Waals surface area contributed by atoms with Crippen LogP contribution in [0.4, 0.5) is 4.39 Å². The summed E-state index contributed by atoms with van der Waals surface area (Å²) in [6.07, 6.45) is 1.75. The van der Waals surface area contributed by atoms with E-state index >= 15 is 0 Å². The minimum Gasteiger partial charge on any atom is -0.329 e. The van der Waals surface area contributed by atoms with Crippen LogP contribution in [0.3, 0.4) is 0 Å². The molecule has 0 aliphatic rings. The van der Waals surface area contributed by atoms with Crippen molar-refractivity contribution in [1.29, 1.82) is 0 Å². The monoisotopic (exact) mass is 272 g/mol. The molecule has 0 saturated carbocycles. The van der Waals surface area contributed by atoms with Gasteiger partial charge in [0.05, 0.1) is 4.47 Å². The van der Waals surface area contributed by atoms with E-state index in [1.807, 2.05) is 6.07 Å². The quantitative estimate of drug-likeness (QED) is 0.808. The van der Waals surface area contributed by atoms with E-state index in [4.69, 9.17) is 5.73 Å². The molecule has 0 radical (unpaired) electrons. The zero-order valence-corrected chi connectivity index (χ0v) is 9.93. The Morgan fingerprint density at radius 2 is 2.33 bits per heavy atom. The molecule has 0 heterocycles. The van der Waals surface area contributed by atoms with Crippen LogP contribution in [0.5, 0.6) is 0 Å². The first-order valence-corrected chi connectivity index (χ1v) is 5.47. The number of hydrogen-bond donors (Lipinski definition) is 2. The average Bonchev–Trinajstić information content (AvgIpc) is 2.24. The third-order valence-corrected chi connectivity index (χ3v) is 2.73. The van der Waals surface area contributed by atoms with E-state index in [-0.39, 0.29) is 11.9 Å². The summed E-state index contributed by atoms with van der Waals surface area (Å²) in [6.45, 7) is 4.69. The van der Waals surface area contributed by atoms with Gasteiger partial charge in [-0.25, -0.2) is 4.39 Å². The third-order valence-electron chi connectivity index (χ3n) is 2.09. The summed E-state index contributed by atoms with van der Waals surface area (Å²) in [4.78, 5) is 0. The molecule has 1 rings (SSSR count). The molecule has 0 saturated heterocycles. The SMILES string of the molecule is C=CCNC(CN)c1ccc(Br)c(F)c1. The number of benzene rings is 1. The molecule has 1 aromatic carbocycles. The molecular weight excluding hydrogens is 259 g/mol. The summed E-state index contributed by atoms with van der Waals surface area (Å²) in [5, 5.41) is 3.16. The van der Waals surface area contributed by atoms with Crippen LogP contribution in [0.25, 0.3) is 0 Å². The van der Waals surface area contributed by atoms with Gasteiger partial charge in [0.1, 0.15) is 5.82 Å². The van der Waals surface area contributed by atoms with Gasteiger partial charge in [0, 0.05) is 19.1 Å². The second kappa shape index (κ2) is 6.00. The lowest BCUT2D eigenvalue weighted by molar-refractivity contribution is 0.565. The molecule has 15 heavy (non-hydrogen) atoms. The maximum atomic E-state index is 13.3. The van der Waals surface area contributed by atoms with Crippen LogP contribution < -0.4 is 11.1 Å². The second-order valence-electron chi connectivity index (χ2n) is 3.16. The summed E-state index contributed by atoms with van der Waals surface area (Å²) >= 11 is 3.11. The molecule has 0 aliphatic heterocycles. The number of hydrogen-bond acceptors (Lipinski definition) is 2. The Labute approximate surface area is 97.5 Å². The molecule has 2 nitrogen and oxygen atoms in total. The van der Waals surface area contributed by atoms with Crippen molar-refractivity contribution in [3.63, 3.8) is 0 Å². The molecule has 1 aromatic rings. The summed E-state index contributed by atoms with van der Waals surface area (Å²) in [6, 6.07) is 4.98. The van der Waals surface area contributed by atoms with Crippen LogP contribution in [0.15, 0.2) is 35.3 Å². The Balaban J connectivity index is 2.82. The predicted octanol–water partition coefficient (Wildman–Crippen LogP) is 2.36. The van der Waals surface area contributed by atoms with Gasteiger partial charge >= 0.3 is 0 Å². The van der Waals surface area contributed by atoms with Gasteiger partial charge in [-0.15, -0.1) is 6.58 Å². The number of halogens is 2. The molecule has 3 N–H and O–H groups in total. The molecule has 0 spiro atoms. The number of rotatable bonds is 5. The first-order chi connectivity index (χ1) is 7.19. The van der Waals surface area contributed by atoms with Crippen molar-refractivity contribution in [2.75, 3.05) is 13.1 Å². The van der Waals surface area contributed by atoms with Gasteiger partial charge in [-0.05, 0) is 33.6 Å². The highest BCUT2D eigenvalue weighted by Crippen LogP contribution is 2.20. The van der Waals surface area contributed by atoms with Crippen molar-refractivity contribution in [2.45, 2.75) is 6.04 Å². The Bertz CT molecular complexity index is 341. The zero-order chi connectivity index (χ0) is 11.3. The summed E-state index contributed by atoms with van der Waals surface area (Å²) < 4.78 is 13.7. The lowest BCUT2D eigenvalue weighted by atomic mass is 10.1. The molecule has 0 aliphatic carbocycles. The van der Waals surface area contributed by atoms with Crippen LogP contribution in [0, 0.1) is 5.82 Å². The van der Waals surface area contributed by atoms with Gasteiger partial charge in [-0.1, -0.05) is 12.1 Å². The van der Waals surface area contributed by atoms with Crippen LogP contribution in [-0.2, 0) is 0 Å². The Morgan fingerprint density at radius 3 is 2.87 bits per heavy atom. The highest BCUT2D eigenvalue weighted by atomic mass is 79.9. The fraction of sp³-hybridized carbons (Fsp3) is 0.273. The maximum absolute atomic E-state index is 13.3. The van der Waals surface area contributed by atoms with Gasteiger partial charge in [0.25, 0.3) is 0 Å². The molecule has 82 valence electrons. The standard InChI is InChI=1S/C11H14BrFN2/c1-2-5-15-11(7-14)8-3-4-9(12)10(13)6-8/h2-4,6,11,15H,1,5,7,14H2. The Kier molecular flexibility index (Phi) is 4.94. The second-order valence-corrected chi connectivity index (χ2v) is 4.01. The van der Waals surface area contributed by atoms with E-state index in [1.54, 1.807) is 12.1 Å². The summed E-state index contributed by atoms with van der Waals surface area (Å²) in [5.74, 6) is -0.272. The van der Waals surface area contributed by atoms with Gasteiger partial charge in [-0.3, -0.25) is 0 Å². The van der Waals surface area contributed by atoms with Crippen molar-refractivity contribution >= 4 is 15.9 Å². The van der Waals surface area contributed by atoms with Crippen LogP contribution in [0.2, 0.25) is 0 Å². The van der Waals surface area contributed by atoms with E-state index in [1.165, 1.54) is 6.07 Å². The highest BCUT2D eigenvalue weighted by molar-refractivity contribution is 9.10. The molecule has 4 heteroatoms. The zero-order valence-electron chi connectivity index (χ0n) is 8.34. The van der Waals surface area contributed by atoms with Crippen molar-refractivity contribution < 1.29 is 4.39 Å². The molecule has 1 atom stereocenters. The van der Waals surface area contributed by atoms with Crippen LogP contribution in [-0.4, -0.2) is 13.1 Å². The van der Waals surface area contributed by atoms with E-state index in [9.17, 15) is 4.39 Å². The van der Waals surface area contributed by atoms with E-state index in [0.29, 0.717) is 17.6 Å². The van der Waals surface area contributed by atoms with Crippen molar-refractivity contribution in [3.8, 4) is 0 Å². The fourth-order valence-corrected chi connectivity index (χ4v) is 1.54. The number of nitrogens with two attached hydrogens (primary N) is 1. The van der Waals surface area contributed by atoms with Crippen LogP contribution in [0.1, 0.15) is 11.6 Å². The molecule has 0 aromatic heterocycles. The summed E-state index contributed by atoms with van der Waals surface area (Å²) in [5.41, 5.74) is 6.45. The lowest BCUT2D eigenvalue weighted by Crippen LogP contribution is -2.28. The first kappa shape index (κ1) is 12.4. The predicted molar refractivity (Wildman–Crippen MR) is 64.1 cm³/mol. The molecular formula is C11H14BrFN2. The Morgan fingerprint density at radius 1 is 1.60 bits per heavy atom. The third kappa shape index (κ3) is 3.41. The molecule has 0 fully saturated rings. The number of nitrogens with one attached hydrogen (secondary N) is 1. The van der Waals surface area contributed by atoms with Crippen molar-refractivity contribution in [1.82, 2.24) is 5.32 Å². The van der Waals surface area contributed by atoms with Crippen molar-refractivity contribution in [3.05, 3.63) is 46.7 Å². The average molecular weight is 273 g/mol. The van der Waals surface area contributed by atoms with E-state index < -0.39 is 0 Å². The molecule has 0 amide bonds. The van der Waals surface area contributed by atoms with Gasteiger partial charge in [0.15, 0.2) is 0 Å². The first-order valence-electron chi connectivity index (χ1n) is 4.68. The largest absolute Gasteiger partial charge is 0.329 e. The normalized spacial score (nSPS) is 12.5. The fourth-order valence-electron chi connectivity index (χ4n) is 1.29. The lowest BCUT2D eigenvalue weighted by Gasteiger charge is -2.16. The van der Waals surface area contributed by atoms with Gasteiger partial charge < -0.3 is 11.1 Å². The van der Waals surface area contributed by atoms with Crippen LogP contribution >= 0.6 is 15.9 Å². The minimum absolute atomic E-state index is 0.0365. The van der Waals surface area contributed by atoms with E-state index in [0.717, 1.165) is 5.56 Å².